The number of hydrogen-bond donors (Lipinski definition) is 1. The average molecular weight is 527 g/mol. The first-order valence-corrected chi connectivity index (χ1v) is 11.5. The third-order valence-electron chi connectivity index (χ3n) is 5.30. The smallest absolute Gasteiger partial charge is 0.406 e. The van der Waals surface area contributed by atoms with Crippen LogP contribution < -0.4 is 16.0 Å². The van der Waals surface area contributed by atoms with Crippen LogP contribution in [-0.4, -0.2) is 45.7 Å². The monoisotopic (exact) mass is 526 g/mol. The number of tetrazole rings is 1. The van der Waals surface area contributed by atoms with Gasteiger partial charge in [0.15, 0.2) is 17.0 Å². The quantitative estimate of drug-likeness (QED) is 0.315. The molecule has 0 saturated carbocycles. The first kappa shape index (κ1) is 25.4. The standard InChI is InChI=1S/C21H22ClF3N8O3/c1-2-3-8-31-17-16(26-19(22)27-17)18(34)32(20(31)35)9-5-10-33-29-15(28-30-33)12-13-6-4-7-14(11-13)36-21(23,24)25/h4,6-7,11H,2-3,5,8-10,12H2,1H3,(H,26,27). The molecule has 0 unspecified atom stereocenters. The molecule has 0 saturated heterocycles. The minimum atomic E-state index is -4.78. The Morgan fingerprint density at radius 3 is 2.64 bits per heavy atom. The van der Waals surface area contributed by atoms with Crippen LogP contribution in [0.3, 0.4) is 0 Å². The predicted molar refractivity (Wildman–Crippen MR) is 123 cm³/mol. The van der Waals surface area contributed by atoms with Crippen molar-refractivity contribution in [2.75, 3.05) is 0 Å². The molecule has 0 spiro atoms. The van der Waals surface area contributed by atoms with E-state index in [1.807, 2.05) is 6.92 Å². The molecule has 3 aromatic heterocycles. The van der Waals surface area contributed by atoms with Crippen molar-refractivity contribution in [2.45, 2.75) is 58.6 Å². The fourth-order valence-electron chi connectivity index (χ4n) is 3.70. The van der Waals surface area contributed by atoms with Gasteiger partial charge in [-0.25, -0.2) is 4.79 Å². The first-order chi connectivity index (χ1) is 17.1. The summed E-state index contributed by atoms with van der Waals surface area (Å²) in [4.78, 5) is 33.9. The highest BCUT2D eigenvalue weighted by molar-refractivity contribution is 6.28. The Kier molecular flexibility index (Phi) is 7.43. The highest BCUT2D eigenvalue weighted by atomic mass is 35.5. The number of halogens is 4. The molecular weight excluding hydrogens is 505 g/mol. The molecule has 192 valence electrons. The Bertz CT molecular complexity index is 1470. The van der Waals surface area contributed by atoms with E-state index in [0.29, 0.717) is 24.4 Å². The number of H-pyrrole nitrogens is 1. The molecule has 0 aliphatic rings. The summed E-state index contributed by atoms with van der Waals surface area (Å²) in [6.45, 7) is 2.75. The van der Waals surface area contributed by atoms with Gasteiger partial charge in [-0.3, -0.25) is 13.9 Å². The van der Waals surface area contributed by atoms with Crippen molar-refractivity contribution in [2.24, 2.45) is 0 Å². The molecule has 0 aliphatic heterocycles. The van der Waals surface area contributed by atoms with Gasteiger partial charge in [0.2, 0.25) is 5.28 Å². The number of aromatic amines is 1. The SMILES string of the molecule is CCCCn1c(=O)n(CCCn2nnc(Cc3cccc(OC(F)(F)F)c3)n2)c(=O)c2[nH]c(Cl)nc21. The lowest BCUT2D eigenvalue weighted by molar-refractivity contribution is -0.274. The largest absolute Gasteiger partial charge is 0.573 e. The molecule has 1 aromatic carbocycles. The normalized spacial score (nSPS) is 11.9. The van der Waals surface area contributed by atoms with Crippen molar-refractivity contribution in [3.8, 4) is 5.75 Å². The summed E-state index contributed by atoms with van der Waals surface area (Å²) < 4.78 is 43.8. The summed E-state index contributed by atoms with van der Waals surface area (Å²) >= 11 is 5.93. The fraction of sp³-hybridized carbons (Fsp3) is 0.429. The Hall–Kier alpha value is -3.68. The van der Waals surface area contributed by atoms with Crippen molar-refractivity contribution in [3.63, 3.8) is 0 Å². The summed E-state index contributed by atoms with van der Waals surface area (Å²) in [5.74, 6) is -0.0373. The lowest BCUT2D eigenvalue weighted by Gasteiger charge is -2.10. The molecule has 11 nitrogen and oxygen atoms in total. The second-order valence-corrected chi connectivity index (χ2v) is 8.36. The van der Waals surface area contributed by atoms with Crippen molar-refractivity contribution >= 4 is 22.8 Å². The number of alkyl halides is 3. The lowest BCUT2D eigenvalue weighted by atomic mass is 10.1. The summed E-state index contributed by atoms with van der Waals surface area (Å²) in [5.41, 5.74) is -0.0877. The molecule has 0 bridgehead atoms. The number of nitrogens with one attached hydrogen (secondary N) is 1. The van der Waals surface area contributed by atoms with Crippen LogP contribution in [0.25, 0.3) is 11.2 Å². The van der Waals surface area contributed by atoms with Crippen LogP contribution in [0.5, 0.6) is 5.75 Å². The van der Waals surface area contributed by atoms with Gasteiger partial charge in [-0.05, 0) is 47.4 Å². The highest BCUT2D eigenvalue weighted by Crippen LogP contribution is 2.23. The highest BCUT2D eigenvalue weighted by Gasteiger charge is 2.31. The number of imidazole rings is 1. The van der Waals surface area contributed by atoms with Gasteiger partial charge in [-0.2, -0.15) is 9.78 Å². The van der Waals surface area contributed by atoms with Crippen LogP contribution in [0, 0.1) is 0 Å². The maximum absolute atomic E-state index is 13.0. The summed E-state index contributed by atoms with van der Waals surface area (Å²) in [6.07, 6.45) is -2.70. The van der Waals surface area contributed by atoms with Gasteiger partial charge in [0, 0.05) is 19.5 Å². The second kappa shape index (κ2) is 10.5. The molecule has 1 N–H and O–H groups in total. The molecule has 36 heavy (non-hydrogen) atoms. The van der Waals surface area contributed by atoms with Gasteiger partial charge in [-0.15, -0.1) is 23.4 Å². The molecule has 0 aliphatic carbocycles. The summed E-state index contributed by atoms with van der Waals surface area (Å²) in [7, 11) is 0. The van der Waals surface area contributed by atoms with E-state index in [-0.39, 0.29) is 41.7 Å². The van der Waals surface area contributed by atoms with E-state index < -0.39 is 17.6 Å². The van der Waals surface area contributed by atoms with E-state index >= 15 is 0 Å². The van der Waals surface area contributed by atoms with E-state index in [4.69, 9.17) is 11.6 Å². The van der Waals surface area contributed by atoms with Crippen LogP contribution in [-0.2, 0) is 26.1 Å². The molecule has 0 radical (unpaired) electrons. The number of benzene rings is 1. The van der Waals surface area contributed by atoms with Crippen molar-refractivity contribution in [1.29, 1.82) is 0 Å². The van der Waals surface area contributed by atoms with Gasteiger partial charge in [0.25, 0.3) is 5.56 Å². The molecule has 0 fully saturated rings. The Morgan fingerprint density at radius 2 is 1.89 bits per heavy atom. The molecule has 15 heteroatoms. The van der Waals surface area contributed by atoms with Crippen LogP contribution in [0.4, 0.5) is 13.2 Å². The summed E-state index contributed by atoms with van der Waals surface area (Å²) in [5, 5.41) is 12.1. The minimum Gasteiger partial charge on any atom is -0.406 e. The molecular formula is C21H22ClF3N8O3. The predicted octanol–water partition coefficient (Wildman–Crippen LogP) is 2.91. The Morgan fingerprint density at radius 1 is 1.11 bits per heavy atom. The van der Waals surface area contributed by atoms with E-state index in [0.717, 1.165) is 17.4 Å². The summed E-state index contributed by atoms with van der Waals surface area (Å²) in [6, 6.07) is 5.52. The van der Waals surface area contributed by atoms with Crippen molar-refractivity contribution < 1.29 is 17.9 Å². The van der Waals surface area contributed by atoms with E-state index in [1.54, 1.807) is 6.07 Å². The zero-order valence-electron chi connectivity index (χ0n) is 19.1. The number of aromatic nitrogens is 8. The van der Waals surface area contributed by atoms with Gasteiger partial charge in [0.05, 0.1) is 6.54 Å². The lowest BCUT2D eigenvalue weighted by Crippen LogP contribution is -2.40. The maximum Gasteiger partial charge on any atom is 0.573 e. The maximum atomic E-state index is 13.0. The van der Waals surface area contributed by atoms with Crippen molar-refractivity contribution in [1.82, 2.24) is 39.3 Å². The third-order valence-corrected chi connectivity index (χ3v) is 5.47. The van der Waals surface area contributed by atoms with Gasteiger partial charge in [-0.1, -0.05) is 25.5 Å². The van der Waals surface area contributed by atoms with Gasteiger partial charge in [0.1, 0.15) is 5.75 Å². The third kappa shape index (κ3) is 5.93. The van der Waals surface area contributed by atoms with Crippen LogP contribution >= 0.6 is 11.6 Å². The minimum absolute atomic E-state index is 0.0272. The van der Waals surface area contributed by atoms with E-state index in [9.17, 15) is 22.8 Å². The van der Waals surface area contributed by atoms with Crippen LogP contribution in [0.15, 0.2) is 33.9 Å². The molecule has 0 atom stereocenters. The zero-order chi connectivity index (χ0) is 25.9. The zero-order valence-corrected chi connectivity index (χ0v) is 19.9. The number of nitrogens with zero attached hydrogens (tertiary/aromatic N) is 7. The number of rotatable bonds is 10. The number of unbranched alkanes of at least 4 members (excludes halogenated alkanes) is 1. The average Bonchev–Trinajstić information content (AvgIpc) is 3.41. The number of ether oxygens (including phenoxy) is 1. The van der Waals surface area contributed by atoms with Crippen LogP contribution in [0.2, 0.25) is 5.28 Å². The second-order valence-electron chi connectivity index (χ2n) is 8.00. The van der Waals surface area contributed by atoms with Crippen molar-refractivity contribution in [3.05, 3.63) is 61.8 Å². The first-order valence-electron chi connectivity index (χ1n) is 11.1. The number of hydrogen-bond acceptors (Lipinski definition) is 7. The number of fused-ring (bicyclic) bond motifs is 1. The van der Waals surface area contributed by atoms with E-state index in [1.165, 1.54) is 27.6 Å². The molecule has 3 heterocycles. The number of aryl methyl sites for hydroxylation is 2. The molecule has 4 rings (SSSR count). The Balaban J connectivity index is 1.44. The topological polar surface area (TPSA) is 126 Å². The van der Waals surface area contributed by atoms with Gasteiger partial charge >= 0.3 is 12.1 Å². The van der Waals surface area contributed by atoms with E-state index in [2.05, 4.69) is 30.1 Å². The fourth-order valence-corrected chi connectivity index (χ4v) is 3.88. The molecule has 4 aromatic rings. The van der Waals surface area contributed by atoms with Crippen LogP contribution in [0.1, 0.15) is 37.6 Å². The van der Waals surface area contributed by atoms with Gasteiger partial charge < -0.3 is 9.72 Å². The Labute approximate surface area is 206 Å². The molecule has 0 amide bonds.